The van der Waals surface area contributed by atoms with Gasteiger partial charge in [0.2, 0.25) is 5.95 Å². The SMILES string of the molecule is COc1ccc(-c2cnc(N3CCC(N)CC3)n3c(C)cnc23)cc1O. The highest BCUT2D eigenvalue weighted by Gasteiger charge is 2.22. The van der Waals surface area contributed by atoms with Crippen molar-refractivity contribution in [2.45, 2.75) is 25.8 Å². The van der Waals surface area contributed by atoms with Gasteiger partial charge >= 0.3 is 0 Å². The standard InChI is InChI=1S/C19H23N5O2/c1-12-10-21-18-15(13-3-4-17(26-2)16(25)9-13)11-22-19(24(12)18)23-7-5-14(20)6-8-23/h3-4,9-11,14,25H,5-8,20H2,1-2H3. The maximum Gasteiger partial charge on any atom is 0.211 e. The van der Waals surface area contributed by atoms with Gasteiger partial charge in [-0.15, -0.1) is 0 Å². The van der Waals surface area contributed by atoms with E-state index in [1.54, 1.807) is 12.1 Å². The summed E-state index contributed by atoms with van der Waals surface area (Å²) < 4.78 is 7.21. The van der Waals surface area contributed by atoms with Crippen LogP contribution in [0.4, 0.5) is 5.95 Å². The number of aromatic nitrogens is 3. The van der Waals surface area contributed by atoms with Crippen molar-refractivity contribution in [1.82, 2.24) is 14.4 Å². The van der Waals surface area contributed by atoms with Gasteiger partial charge < -0.3 is 20.5 Å². The van der Waals surface area contributed by atoms with Gasteiger partial charge in [0, 0.05) is 42.8 Å². The Morgan fingerprint density at radius 3 is 2.65 bits per heavy atom. The Morgan fingerprint density at radius 2 is 1.96 bits per heavy atom. The number of fused-ring (bicyclic) bond motifs is 1. The summed E-state index contributed by atoms with van der Waals surface area (Å²) in [7, 11) is 1.53. The number of anilines is 1. The molecule has 2 aromatic heterocycles. The van der Waals surface area contributed by atoms with Crippen LogP contribution >= 0.6 is 0 Å². The molecule has 136 valence electrons. The normalized spacial score (nSPS) is 15.6. The first-order chi connectivity index (χ1) is 12.6. The second-order valence-electron chi connectivity index (χ2n) is 6.74. The highest BCUT2D eigenvalue weighted by molar-refractivity contribution is 5.79. The van der Waals surface area contributed by atoms with Crippen LogP contribution in [0, 0.1) is 6.92 Å². The zero-order chi connectivity index (χ0) is 18.3. The first kappa shape index (κ1) is 16.7. The Kier molecular flexibility index (Phi) is 4.16. The first-order valence-electron chi connectivity index (χ1n) is 8.79. The molecule has 1 aliphatic rings. The molecule has 3 heterocycles. The van der Waals surface area contributed by atoms with Gasteiger partial charge in [-0.3, -0.25) is 4.40 Å². The summed E-state index contributed by atoms with van der Waals surface area (Å²) in [6.45, 7) is 3.81. The minimum absolute atomic E-state index is 0.0977. The molecule has 3 N–H and O–H groups in total. The summed E-state index contributed by atoms with van der Waals surface area (Å²) in [6.07, 6.45) is 5.60. The largest absolute Gasteiger partial charge is 0.504 e. The van der Waals surface area contributed by atoms with Gasteiger partial charge in [0.1, 0.15) is 5.65 Å². The lowest BCUT2D eigenvalue weighted by Crippen LogP contribution is -2.40. The zero-order valence-electron chi connectivity index (χ0n) is 15.0. The van der Waals surface area contributed by atoms with Crippen LogP contribution in [0.1, 0.15) is 18.5 Å². The Bertz CT molecular complexity index is 944. The summed E-state index contributed by atoms with van der Waals surface area (Å²) in [5.41, 5.74) is 9.60. The summed E-state index contributed by atoms with van der Waals surface area (Å²) in [6, 6.07) is 5.60. The van der Waals surface area contributed by atoms with Crippen LogP contribution in [0.5, 0.6) is 11.5 Å². The molecule has 0 unspecified atom stereocenters. The average molecular weight is 353 g/mol. The van der Waals surface area contributed by atoms with Crippen LogP contribution < -0.4 is 15.4 Å². The molecule has 3 aromatic rings. The van der Waals surface area contributed by atoms with Crippen LogP contribution in [-0.2, 0) is 0 Å². The second-order valence-corrected chi connectivity index (χ2v) is 6.74. The molecule has 26 heavy (non-hydrogen) atoms. The molecule has 0 atom stereocenters. The third-order valence-corrected chi connectivity index (χ3v) is 5.00. The van der Waals surface area contributed by atoms with Crippen molar-refractivity contribution in [2.75, 3.05) is 25.1 Å². The summed E-state index contributed by atoms with van der Waals surface area (Å²) >= 11 is 0. The third-order valence-electron chi connectivity index (χ3n) is 5.00. The smallest absolute Gasteiger partial charge is 0.211 e. The minimum Gasteiger partial charge on any atom is -0.504 e. The van der Waals surface area contributed by atoms with E-state index in [9.17, 15) is 5.11 Å². The number of methoxy groups -OCH3 is 1. The molecule has 4 rings (SSSR count). The van der Waals surface area contributed by atoms with Gasteiger partial charge in [-0.25, -0.2) is 9.97 Å². The van der Waals surface area contributed by atoms with Gasteiger partial charge in [-0.1, -0.05) is 6.07 Å². The van der Waals surface area contributed by atoms with Gasteiger partial charge in [0.25, 0.3) is 0 Å². The van der Waals surface area contributed by atoms with E-state index in [-0.39, 0.29) is 11.8 Å². The number of imidazole rings is 1. The monoisotopic (exact) mass is 353 g/mol. The van der Waals surface area contributed by atoms with Crippen LogP contribution in [0.2, 0.25) is 0 Å². The molecule has 1 aliphatic heterocycles. The fourth-order valence-corrected chi connectivity index (χ4v) is 3.50. The quantitative estimate of drug-likeness (QED) is 0.751. The molecule has 1 fully saturated rings. The lowest BCUT2D eigenvalue weighted by molar-refractivity contribution is 0.373. The lowest BCUT2D eigenvalue weighted by Gasteiger charge is -2.31. The van der Waals surface area contributed by atoms with Gasteiger partial charge in [0.15, 0.2) is 11.5 Å². The number of hydrogen-bond donors (Lipinski definition) is 2. The Morgan fingerprint density at radius 1 is 1.19 bits per heavy atom. The number of rotatable bonds is 3. The maximum absolute atomic E-state index is 10.1. The molecule has 0 radical (unpaired) electrons. The van der Waals surface area contributed by atoms with Gasteiger partial charge in [-0.05, 0) is 37.5 Å². The number of benzene rings is 1. The van der Waals surface area contributed by atoms with Crippen LogP contribution in [0.3, 0.4) is 0 Å². The fourth-order valence-electron chi connectivity index (χ4n) is 3.50. The number of phenolic OH excluding ortho intramolecular Hbond substituents is 1. The number of aryl methyl sites for hydroxylation is 1. The first-order valence-corrected chi connectivity index (χ1v) is 8.79. The zero-order valence-corrected chi connectivity index (χ0v) is 15.0. The topological polar surface area (TPSA) is 88.9 Å². The van der Waals surface area contributed by atoms with Crippen molar-refractivity contribution < 1.29 is 9.84 Å². The molecule has 0 spiro atoms. The summed E-state index contributed by atoms with van der Waals surface area (Å²) in [4.78, 5) is 11.6. The van der Waals surface area contributed by atoms with Crippen molar-refractivity contribution in [3.05, 3.63) is 36.3 Å². The Hall–Kier alpha value is -2.80. The van der Waals surface area contributed by atoms with Crippen molar-refractivity contribution in [3.8, 4) is 22.6 Å². The van der Waals surface area contributed by atoms with Crippen molar-refractivity contribution in [3.63, 3.8) is 0 Å². The van der Waals surface area contributed by atoms with E-state index in [4.69, 9.17) is 15.5 Å². The summed E-state index contributed by atoms with van der Waals surface area (Å²) in [5.74, 6) is 1.43. The van der Waals surface area contributed by atoms with Crippen LogP contribution in [-0.4, -0.2) is 45.7 Å². The van der Waals surface area contributed by atoms with Gasteiger partial charge in [-0.2, -0.15) is 0 Å². The molecule has 1 aromatic carbocycles. The number of nitrogens with zero attached hydrogens (tertiary/aromatic N) is 4. The Labute approximate surface area is 152 Å². The second kappa shape index (κ2) is 6.49. The van der Waals surface area contributed by atoms with E-state index in [2.05, 4.69) is 14.3 Å². The highest BCUT2D eigenvalue weighted by atomic mass is 16.5. The highest BCUT2D eigenvalue weighted by Crippen LogP contribution is 2.34. The van der Waals surface area contributed by atoms with Crippen LogP contribution in [0.15, 0.2) is 30.6 Å². The molecule has 0 aliphatic carbocycles. The average Bonchev–Trinajstić information content (AvgIpc) is 3.04. The van der Waals surface area contributed by atoms with Crippen molar-refractivity contribution in [2.24, 2.45) is 5.73 Å². The molecule has 7 heteroatoms. The minimum atomic E-state index is 0.0977. The fraction of sp³-hybridized carbons (Fsp3) is 0.368. The van der Waals surface area contributed by atoms with E-state index in [1.807, 2.05) is 25.4 Å². The van der Waals surface area contributed by atoms with E-state index < -0.39 is 0 Å². The lowest BCUT2D eigenvalue weighted by atomic mass is 10.1. The van der Waals surface area contributed by atoms with E-state index in [1.165, 1.54) is 7.11 Å². The molecule has 0 saturated carbocycles. The molecule has 7 nitrogen and oxygen atoms in total. The van der Waals surface area contributed by atoms with E-state index >= 15 is 0 Å². The van der Waals surface area contributed by atoms with E-state index in [0.717, 1.165) is 54.3 Å². The molecular weight excluding hydrogens is 330 g/mol. The van der Waals surface area contributed by atoms with E-state index in [0.29, 0.717) is 5.75 Å². The number of piperidine rings is 1. The molecule has 0 bridgehead atoms. The number of hydrogen-bond acceptors (Lipinski definition) is 6. The van der Waals surface area contributed by atoms with Crippen molar-refractivity contribution in [1.29, 1.82) is 0 Å². The number of ether oxygens (including phenoxy) is 1. The summed E-state index contributed by atoms with van der Waals surface area (Å²) in [5, 5.41) is 10.1. The molecular formula is C19H23N5O2. The molecule has 1 saturated heterocycles. The van der Waals surface area contributed by atoms with Crippen molar-refractivity contribution >= 4 is 11.6 Å². The Balaban J connectivity index is 1.81. The maximum atomic E-state index is 10.1. The number of phenols is 1. The predicted molar refractivity (Wildman–Crippen MR) is 101 cm³/mol. The van der Waals surface area contributed by atoms with Gasteiger partial charge in [0.05, 0.1) is 7.11 Å². The number of aromatic hydroxyl groups is 1. The predicted octanol–water partition coefficient (Wildman–Crippen LogP) is 2.35. The third kappa shape index (κ3) is 2.74. The van der Waals surface area contributed by atoms with Crippen LogP contribution in [0.25, 0.3) is 16.8 Å². The number of nitrogens with two attached hydrogens (primary N) is 1. The molecule has 0 amide bonds.